The maximum absolute atomic E-state index is 12.1. The summed E-state index contributed by atoms with van der Waals surface area (Å²) in [5.74, 6) is -0.737. The maximum Gasteiger partial charge on any atom is 0.307 e. The van der Waals surface area contributed by atoms with Crippen LogP contribution < -0.4 is 4.72 Å². The molecule has 1 aliphatic rings. The number of carbonyl (C=O) groups is 1. The van der Waals surface area contributed by atoms with Crippen molar-refractivity contribution in [1.82, 2.24) is 14.0 Å². The van der Waals surface area contributed by atoms with Crippen LogP contribution >= 0.6 is 0 Å². The van der Waals surface area contributed by atoms with E-state index in [1.54, 1.807) is 6.92 Å². The quantitative estimate of drug-likeness (QED) is 0.798. The summed E-state index contributed by atoms with van der Waals surface area (Å²) in [5, 5.41) is 8.97. The van der Waals surface area contributed by atoms with Crippen LogP contribution in [-0.2, 0) is 21.5 Å². The molecule has 1 atom stereocenters. The second-order valence-electron chi connectivity index (χ2n) is 4.73. The Bertz CT molecular complexity index is 583. The Kier molecular flexibility index (Phi) is 4.41. The van der Waals surface area contributed by atoms with Crippen molar-refractivity contribution in [3.8, 4) is 0 Å². The number of rotatable bonds is 5. The standard InChI is InChI=1S/C11H17N3O5S/c1-8-5-12-10(19-8)6-13-20(17,18)14-4-2-3-9(7-14)11(15)16/h5,9,13H,2-4,6-7H2,1H3,(H,15,16). The molecular formula is C11H17N3O5S. The summed E-state index contributed by atoms with van der Waals surface area (Å²) in [4.78, 5) is 14.8. The Morgan fingerprint density at radius 1 is 1.65 bits per heavy atom. The van der Waals surface area contributed by atoms with Crippen LogP contribution in [0, 0.1) is 12.8 Å². The molecule has 1 aliphatic heterocycles. The Morgan fingerprint density at radius 3 is 3.00 bits per heavy atom. The number of piperidine rings is 1. The average Bonchev–Trinajstić information content (AvgIpc) is 2.82. The number of aryl methyl sites for hydroxylation is 1. The van der Waals surface area contributed by atoms with Crippen LogP contribution in [0.15, 0.2) is 10.6 Å². The smallest absolute Gasteiger partial charge is 0.307 e. The van der Waals surface area contributed by atoms with Crippen LogP contribution in [0.3, 0.4) is 0 Å². The number of nitrogens with zero attached hydrogens (tertiary/aromatic N) is 2. The largest absolute Gasteiger partial charge is 0.481 e. The monoisotopic (exact) mass is 303 g/mol. The third kappa shape index (κ3) is 3.56. The van der Waals surface area contributed by atoms with Gasteiger partial charge in [0.15, 0.2) is 0 Å². The summed E-state index contributed by atoms with van der Waals surface area (Å²) in [7, 11) is -3.72. The minimum absolute atomic E-state index is 0.00468. The van der Waals surface area contributed by atoms with Gasteiger partial charge in [-0.2, -0.15) is 17.4 Å². The number of carboxylic acid groups (broad SMARTS) is 1. The molecule has 1 aromatic rings. The van der Waals surface area contributed by atoms with Gasteiger partial charge in [0.25, 0.3) is 10.2 Å². The predicted octanol–water partition coefficient (Wildman–Crippen LogP) is 0.114. The lowest BCUT2D eigenvalue weighted by Crippen LogP contribution is -2.47. The van der Waals surface area contributed by atoms with Gasteiger partial charge < -0.3 is 9.52 Å². The van der Waals surface area contributed by atoms with E-state index >= 15 is 0 Å². The molecule has 1 aromatic heterocycles. The number of aromatic nitrogens is 1. The van der Waals surface area contributed by atoms with E-state index in [9.17, 15) is 13.2 Å². The lowest BCUT2D eigenvalue weighted by Gasteiger charge is -2.29. The first kappa shape index (κ1) is 14.9. The Morgan fingerprint density at radius 2 is 2.40 bits per heavy atom. The van der Waals surface area contributed by atoms with Gasteiger partial charge in [0, 0.05) is 13.1 Å². The van der Waals surface area contributed by atoms with Crippen molar-refractivity contribution in [3.05, 3.63) is 17.8 Å². The van der Waals surface area contributed by atoms with E-state index in [4.69, 9.17) is 9.52 Å². The molecule has 1 unspecified atom stereocenters. The summed E-state index contributed by atoms with van der Waals surface area (Å²) in [6.45, 7) is 1.98. The molecule has 112 valence electrons. The van der Waals surface area contributed by atoms with Crippen LogP contribution in [0.5, 0.6) is 0 Å². The number of carboxylic acids is 1. The van der Waals surface area contributed by atoms with Crippen molar-refractivity contribution in [2.75, 3.05) is 13.1 Å². The third-order valence-electron chi connectivity index (χ3n) is 3.15. The van der Waals surface area contributed by atoms with Crippen LogP contribution in [0.25, 0.3) is 0 Å². The van der Waals surface area contributed by atoms with Gasteiger partial charge >= 0.3 is 5.97 Å². The molecule has 20 heavy (non-hydrogen) atoms. The second-order valence-corrected chi connectivity index (χ2v) is 6.48. The number of hydrogen-bond donors (Lipinski definition) is 2. The highest BCUT2D eigenvalue weighted by molar-refractivity contribution is 7.87. The van der Waals surface area contributed by atoms with E-state index in [1.165, 1.54) is 6.20 Å². The van der Waals surface area contributed by atoms with E-state index in [-0.39, 0.29) is 19.0 Å². The molecule has 0 saturated carbocycles. The number of nitrogens with one attached hydrogen (secondary N) is 1. The summed E-state index contributed by atoms with van der Waals surface area (Å²) >= 11 is 0. The number of hydrogen-bond acceptors (Lipinski definition) is 5. The fraction of sp³-hybridized carbons (Fsp3) is 0.636. The zero-order valence-electron chi connectivity index (χ0n) is 11.1. The summed E-state index contributed by atoms with van der Waals surface area (Å²) < 4.78 is 32.9. The first-order chi connectivity index (χ1) is 9.38. The average molecular weight is 303 g/mol. The van der Waals surface area contributed by atoms with Gasteiger partial charge in [-0.3, -0.25) is 4.79 Å². The molecular weight excluding hydrogens is 286 g/mol. The van der Waals surface area contributed by atoms with Crippen LogP contribution in [0.2, 0.25) is 0 Å². The molecule has 8 nitrogen and oxygen atoms in total. The molecule has 1 fully saturated rings. The van der Waals surface area contributed by atoms with Gasteiger partial charge in [-0.05, 0) is 19.8 Å². The van der Waals surface area contributed by atoms with Gasteiger partial charge in [0.05, 0.1) is 18.7 Å². The van der Waals surface area contributed by atoms with Crippen molar-refractivity contribution >= 4 is 16.2 Å². The lowest BCUT2D eigenvalue weighted by atomic mass is 10.0. The first-order valence-corrected chi connectivity index (χ1v) is 7.71. The zero-order chi connectivity index (χ0) is 14.8. The van der Waals surface area contributed by atoms with Gasteiger partial charge in [-0.1, -0.05) is 0 Å². The van der Waals surface area contributed by atoms with Gasteiger partial charge in [0.2, 0.25) is 5.89 Å². The fourth-order valence-electron chi connectivity index (χ4n) is 2.09. The van der Waals surface area contributed by atoms with Crippen molar-refractivity contribution in [2.24, 2.45) is 5.92 Å². The molecule has 0 bridgehead atoms. The highest BCUT2D eigenvalue weighted by Gasteiger charge is 2.32. The van der Waals surface area contributed by atoms with Crippen LogP contribution in [0.1, 0.15) is 24.5 Å². The topological polar surface area (TPSA) is 113 Å². The zero-order valence-corrected chi connectivity index (χ0v) is 11.9. The van der Waals surface area contributed by atoms with Gasteiger partial charge in [0.1, 0.15) is 5.76 Å². The Labute approximate surface area is 117 Å². The summed E-state index contributed by atoms with van der Waals surface area (Å²) in [5.41, 5.74) is 0. The fourth-order valence-corrected chi connectivity index (χ4v) is 3.32. The Hall–Kier alpha value is -1.45. The molecule has 2 rings (SSSR count). The number of oxazole rings is 1. The second kappa shape index (κ2) is 5.90. The van der Waals surface area contributed by atoms with E-state index in [0.717, 1.165) is 4.31 Å². The maximum atomic E-state index is 12.1. The van der Waals surface area contributed by atoms with E-state index < -0.39 is 22.1 Å². The predicted molar refractivity (Wildman–Crippen MR) is 68.9 cm³/mol. The highest BCUT2D eigenvalue weighted by Crippen LogP contribution is 2.18. The first-order valence-electron chi connectivity index (χ1n) is 6.27. The normalized spacial score (nSPS) is 20.9. The summed E-state index contributed by atoms with van der Waals surface area (Å²) in [6.07, 6.45) is 2.54. The lowest BCUT2D eigenvalue weighted by molar-refractivity contribution is -0.142. The molecule has 0 aromatic carbocycles. The molecule has 2 N–H and O–H groups in total. The molecule has 0 amide bonds. The van der Waals surface area contributed by atoms with Gasteiger partial charge in [-0.15, -0.1) is 0 Å². The van der Waals surface area contributed by atoms with Crippen LogP contribution in [-0.4, -0.2) is 41.9 Å². The minimum atomic E-state index is -3.72. The van der Waals surface area contributed by atoms with Gasteiger partial charge in [-0.25, -0.2) is 4.98 Å². The van der Waals surface area contributed by atoms with E-state index in [2.05, 4.69) is 9.71 Å². The van der Waals surface area contributed by atoms with Crippen LogP contribution in [0.4, 0.5) is 0 Å². The molecule has 0 radical (unpaired) electrons. The minimum Gasteiger partial charge on any atom is -0.481 e. The molecule has 2 heterocycles. The van der Waals surface area contributed by atoms with E-state index in [1.807, 2.05) is 0 Å². The third-order valence-corrected chi connectivity index (χ3v) is 4.67. The number of aliphatic carboxylic acids is 1. The molecule has 9 heteroatoms. The highest BCUT2D eigenvalue weighted by atomic mass is 32.2. The van der Waals surface area contributed by atoms with E-state index in [0.29, 0.717) is 25.1 Å². The molecule has 0 spiro atoms. The molecule has 1 saturated heterocycles. The van der Waals surface area contributed by atoms with Crippen molar-refractivity contribution in [3.63, 3.8) is 0 Å². The SMILES string of the molecule is Cc1cnc(CNS(=O)(=O)N2CCCC(C(=O)O)C2)o1. The molecule has 0 aliphatic carbocycles. The Balaban J connectivity index is 1.97. The van der Waals surface area contributed by atoms with Crippen molar-refractivity contribution in [2.45, 2.75) is 26.3 Å². The summed E-state index contributed by atoms with van der Waals surface area (Å²) in [6, 6.07) is 0. The van der Waals surface area contributed by atoms with Crippen molar-refractivity contribution in [1.29, 1.82) is 0 Å². The van der Waals surface area contributed by atoms with Crippen molar-refractivity contribution < 1.29 is 22.7 Å².